The lowest BCUT2D eigenvalue weighted by atomic mass is 10.2. The first kappa shape index (κ1) is 15.4. The second kappa shape index (κ2) is 6.21. The molecule has 8 heteroatoms. The predicted octanol–water partition coefficient (Wildman–Crippen LogP) is 3.77. The summed E-state index contributed by atoms with van der Waals surface area (Å²) in [6.07, 6.45) is -1.19. The third kappa shape index (κ3) is 3.05. The Bertz CT molecular complexity index is 673. The number of aromatic nitrogens is 2. The van der Waals surface area contributed by atoms with Crippen LogP contribution in [0.25, 0.3) is 0 Å². The molecule has 0 saturated heterocycles. The lowest BCUT2D eigenvalue weighted by Crippen LogP contribution is -2.15. The van der Waals surface area contributed by atoms with Gasteiger partial charge in [0.1, 0.15) is 5.82 Å². The van der Waals surface area contributed by atoms with E-state index in [-0.39, 0.29) is 16.1 Å². The highest BCUT2D eigenvalue weighted by Crippen LogP contribution is 2.29. The third-order valence-corrected chi connectivity index (χ3v) is 3.66. The molecule has 21 heavy (non-hydrogen) atoms. The lowest BCUT2D eigenvalue weighted by Gasteiger charge is -2.10. The molecule has 0 aliphatic carbocycles. The number of hydrogen-bond acceptors (Lipinski definition) is 3. The number of H-pyrrole nitrogens is 1. The molecule has 1 heterocycles. The quantitative estimate of drug-likeness (QED) is 0.844. The van der Waals surface area contributed by atoms with Crippen LogP contribution in [-0.2, 0) is 0 Å². The van der Waals surface area contributed by atoms with Gasteiger partial charge in [-0.15, -0.1) is 11.8 Å². The minimum absolute atomic E-state index is 0.0775. The van der Waals surface area contributed by atoms with Gasteiger partial charge in [-0.25, -0.2) is 13.2 Å². The van der Waals surface area contributed by atoms with E-state index in [2.05, 4.69) is 15.5 Å². The average molecular weight is 315 g/mol. The number of nitrogens with one attached hydrogen (secondary N) is 2. The molecule has 0 fully saturated rings. The first-order valence-electron chi connectivity index (χ1n) is 5.92. The van der Waals surface area contributed by atoms with E-state index in [0.29, 0.717) is 5.69 Å². The van der Waals surface area contributed by atoms with Gasteiger partial charge >= 0.3 is 0 Å². The first-order valence-corrected chi connectivity index (χ1v) is 7.15. The highest BCUT2D eigenvalue weighted by atomic mass is 32.2. The van der Waals surface area contributed by atoms with Crippen LogP contribution in [0.5, 0.6) is 0 Å². The molecule has 1 aromatic heterocycles. The topological polar surface area (TPSA) is 57.8 Å². The van der Waals surface area contributed by atoms with Crippen molar-refractivity contribution in [2.45, 2.75) is 18.2 Å². The van der Waals surface area contributed by atoms with Crippen LogP contribution in [0.4, 0.5) is 18.9 Å². The Morgan fingerprint density at radius 2 is 2.14 bits per heavy atom. The number of rotatable bonds is 4. The van der Waals surface area contributed by atoms with Crippen LogP contribution in [0.3, 0.4) is 0 Å². The zero-order valence-electron chi connectivity index (χ0n) is 11.2. The van der Waals surface area contributed by atoms with Crippen molar-refractivity contribution in [3.05, 3.63) is 41.0 Å². The Kier molecular flexibility index (Phi) is 4.56. The van der Waals surface area contributed by atoms with Gasteiger partial charge in [0.05, 0.1) is 21.8 Å². The van der Waals surface area contributed by atoms with Gasteiger partial charge in [0.15, 0.2) is 5.69 Å². The molecule has 2 rings (SSSR count). The number of benzene rings is 1. The van der Waals surface area contributed by atoms with Crippen LogP contribution in [0, 0.1) is 12.7 Å². The standard InChI is InChI=1S/C13H12F3N3OS/c1-6-9(10(12(15)16)19-18-6)17-13(20)7-4-3-5-8(14)11(7)21-2/h3-5,12H,1-2H3,(H,17,20)(H,18,19). The van der Waals surface area contributed by atoms with E-state index in [9.17, 15) is 18.0 Å². The van der Waals surface area contributed by atoms with E-state index in [1.807, 2.05) is 0 Å². The number of nitrogens with zero attached hydrogens (tertiary/aromatic N) is 1. The van der Waals surface area contributed by atoms with E-state index in [4.69, 9.17) is 0 Å². The Hall–Kier alpha value is -1.96. The molecule has 0 spiro atoms. The molecule has 0 saturated carbocycles. The fourth-order valence-electron chi connectivity index (χ4n) is 1.84. The van der Waals surface area contributed by atoms with Gasteiger partial charge < -0.3 is 5.32 Å². The molecule has 4 nitrogen and oxygen atoms in total. The zero-order chi connectivity index (χ0) is 15.6. The van der Waals surface area contributed by atoms with E-state index in [0.717, 1.165) is 11.8 Å². The largest absolute Gasteiger partial charge is 0.319 e. The van der Waals surface area contributed by atoms with E-state index in [1.54, 1.807) is 6.26 Å². The molecule has 2 N–H and O–H groups in total. The van der Waals surface area contributed by atoms with Crippen LogP contribution >= 0.6 is 11.8 Å². The molecule has 1 amide bonds. The summed E-state index contributed by atoms with van der Waals surface area (Å²) in [4.78, 5) is 12.4. The smallest absolute Gasteiger partial charge is 0.284 e. The number of aromatic amines is 1. The predicted molar refractivity (Wildman–Crippen MR) is 74.4 cm³/mol. The van der Waals surface area contributed by atoms with Crippen LogP contribution in [0.2, 0.25) is 0 Å². The SMILES string of the molecule is CSc1c(F)cccc1C(=O)Nc1c(C(F)F)n[nH]c1C. The van der Waals surface area contributed by atoms with Gasteiger partial charge in [0.2, 0.25) is 0 Å². The van der Waals surface area contributed by atoms with Crippen LogP contribution in [0.15, 0.2) is 23.1 Å². The maximum absolute atomic E-state index is 13.6. The minimum Gasteiger partial charge on any atom is -0.319 e. The molecular weight excluding hydrogens is 303 g/mol. The summed E-state index contributed by atoms with van der Waals surface area (Å²) in [5, 5.41) is 8.21. The molecule has 0 bridgehead atoms. The van der Waals surface area contributed by atoms with E-state index < -0.39 is 23.8 Å². The number of amides is 1. The van der Waals surface area contributed by atoms with Crippen molar-refractivity contribution in [2.75, 3.05) is 11.6 Å². The second-order valence-corrected chi connectivity index (χ2v) is 5.00. The lowest BCUT2D eigenvalue weighted by molar-refractivity contribution is 0.102. The number of alkyl halides is 2. The number of carbonyl (C=O) groups excluding carboxylic acids is 1. The normalized spacial score (nSPS) is 11.0. The number of thioether (sulfide) groups is 1. The Morgan fingerprint density at radius 1 is 1.43 bits per heavy atom. The summed E-state index contributed by atoms with van der Waals surface area (Å²) in [7, 11) is 0. The van der Waals surface area contributed by atoms with Crippen molar-refractivity contribution in [3.63, 3.8) is 0 Å². The molecule has 0 aliphatic heterocycles. The maximum atomic E-state index is 13.6. The van der Waals surface area contributed by atoms with Crippen molar-refractivity contribution < 1.29 is 18.0 Å². The third-order valence-electron chi connectivity index (χ3n) is 2.84. The molecule has 0 atom stereocenters. The van der Waals surface area contributed by atoms with Crippen molar-refractivity contribution in [1.29, 1.82) is 0 Å². The van der Waals surface area contributed by atoms with Crippen molar-refractivity contribution >= 4 is 23.4 Å². The number of hydrogen-bond donors (Lipinski definition) is 2. The van der Waals surface area contributed by atoms with E-state index >= 15 is 0 Å². The molecular formula is C13H12F3N3OS. The Balaban J connectivity index is 2.35. The Morgan fingerprint density at radius 3 is 2.76 bits per heavy atom. The molecule has 0 unspecified atom stereocenters. The van der Waals surface area contributed by atoms with Crippen molar-refractivity contribution in [3.8, 4) is 0 Å². The zero-order valence-corrected chi connectivity index (χ0v) is 12.0. The average Bonchev–Trinajstić information content (AvgIpc) is 2.80. The van der Waals surface area contributed by atoms with Crippen LogP contribution in [0.1, 0.15) is 28.2 Å². The molecule has 112 valence electrons. The van der Waals surface area contributed by atoms with Gasteiger partial charge in [-0.2, -0.15) is 5.10 Å². The summed E-state index contributed by atoms with van der Waals surface area (Å²) in [5.41, 5.74) is -0.224. The summed E-state index contributed by atoms with van der Waals surface area (Å²) in [5.74, 6) is -1.20. The van der Waals surface area contributed by atoms with Gasteiger partial charge in [-0.05, 0) is 25.3 Å². The fraction of sp³-hybridized carbons (Fsp3) is 0.231. The summed E-state index contributed by atoms with van der Waals surface area (Å²) in [6.45, 7) is 1.51. The van der Waals surface area contributed by atoms with Gasteiger partial charge in [0.25, 0.3) is 12.3 Å². The van der Waals surface area contributed by atoms with Gasteiger partial charge in [-0.3, -0.25) is 9.89 Å². The monoisotopic (exact) mass is 315 g/mol. The van der Waals surface area contributed by atoms with Gasteiger partial charge in [-0.1, -0.05) is 6.07 Å². The second-order valence-electron chi connectivity index (χ2n) is 4.18. The van der Waals surface area contributed by atoms with Crippen LogP contribution in [-0.4, -0.2) is 22.4 Å². The van der Waals surface area contributed by atoms with Crippen molar-refractivity contribution in [1.82, 2.24) is 10.2 Å². The molecule has 1 aromatic carbocycles. The first-order chi connectivity index (χ1) is 9.95. The highest BCUT2D eigenvalue weighted by molar-refractivity contribution is 7.98. The van der Waals surface area contributed by atoms with Crippen LogP contribution < -0.4 is 5.32 Å². The number of aryl methyl sites for hydroxylation is 1. The number of halogens is 3. The highest BCUT2D eigenvalue weighted by Gasteiger charge is 2.22. The molecule has 0 aliphatic rings. The number of anilines is 1. The molecule has 2 aromatic rings. The minimum atomic E-state index is -2.82. The molecule has 0 radical (unpaired) electrons. The summed E-state index contributed by atoms with van der Waals surface area (Å²) in [6, 6.07) is 4.05. The fourth-order valence-corrected chi connectivity index (χ4v) is 2.48. The van der Waals surface area contributed by atoms with Gasteiger partial charge in [0, 0.05) is 0 Å². The Labute approximate surface area is 123 Å². The van der Waals surface area contributed by atoms with Crippen molar-refractivity contribution in [2.24, 2.45) is 0 Å². The van der Waals surface area contributed by atoms with E-state index in [1.165, 1.54) is 25.1 Å². The number of carbonyl (C=O) groups is 1. The summed E-state index contributed by atoms with van der Waals surface area (Å²) >= 11 is 1.07. The maximum Gasteiger partial charge on any atom is 0.284 e. The summed E-state index contributed by atoms with van der Waals surface area (Å²) < 4.78 is 39.2.